The van der Waals surface area contributed by atoms with E-state index < -0.39 is 5.82 Å². The number of carbonyl (C=O) groups is 2. The van der Waals surface area contributed by atoms with Crippen LogP contribution in [0.3, 0.4) is 0 Å². The summed E-state index contributed by atoms with van der Waals surface area (Å²) in [4.78, 5) is 24.1. The molecular formula is C18H16F2N2O2S. The fourth-order valence-corrected chi connectivity index (χ4v) is 2.92. The van der Waals surface area contributed by atoms with Crippen molar-refractivity contribution in [1.29, 1.82) is 0 Å². The molecule has 0 atom stereocenters. The van der Waals surface area contributed by atoms with E-state index in [2.05, 4.69) is 10.6 Å². The molecule has 3 rings (SSSR count). The summed E-state index contributed by atoms with van der Waals surface area (Å²) < 4.78 is 27.3. The zero-order valence-corrected chi connectivity index (χ0v) is 14.0. The van der Waals surface area contributed by atoms with Crippen molar-refractivity contribution in [3.63, 3.8) is 0 Å². The average Bonchev–Trinajstić information content (AvgIpc) is 3.42. The van der Waals surface area contributed by atoms with E-state index >= 15 is 0 Å². The lowest BCUT2D eigenvalue weighted by Crippen LogP contribution is -2.16. The molecule has 2 aromatic rings. The van der Waals surface area contributed by atoms with Gasteiger partial charge < -0.3 is 10.6 Å². The van der Waals surface area contributed by atoms with Gasteiger partial charge >= 0.3 is 0 Å². The van der Waals surface area contributed by atoms with Crippen LogP contribution in [0.25, 0.3) is 0 Å². The van der Waals surface area contributed by atoms with Crippen molar-refractivity contribution in [2.75, 3.05) is 16.4 Å². The molecule has 0 bridgehead atoms. The molecule has 25 heavy (non-hydrogen) atoms. The highest BCUT2D eigenvalue weighted by Gasteiger charge is 2.30. The van der Waals surface area contributed by atoms with Crippen LogP contribution >= 0.6 is 11.8 Å². The van der Waals surface area contributed by atoms with Gasteiger partial charge in [0.05, 0.1) is 11.4 Å². The number of hydrogen-bond acceptors (Lipinski definition) is 3. The predicted octanol–water partition coefficient (Wildman–Crippen LogP) is 4.04. The Morgan fingerprint density at radius 2 is 1.80 bits per heavy atom. The van der Waals surface area contributed by atoms with E-state index in [0.717, 1.165) is 24.6 Å². The lowest BCUT2D eigenvalue weighted by atomic mass is 10.2. The zero-order chi connectivity index (χ0) is 17.8. The van der Waals surface area contributed by atoms with Gasteiger partial charge in [-0.15, -0.1) is 11.8 Å². The third kappa shape index (κ3) is 4.79. The van der Waals surface area contributed by atoms with Gasteiger partial charge in [0, 0.05) is 16.5 Å². The van der Waals surface area contributed by atoms with E-state index in [9.17, 15) is 18.4 Å². The van der Waals surface area contributed by atoms with Gasteiger partial charge in [0.1, 0.15) is 11.6 Å². The van der Waals surface area contributed by atoms with Crippen LogP contribution < -0.4 is 10.6 Å². The molecule has 1 fully saturated rings. The third-order valence-corrected chi connectivity index (χ3v) is 4.70. The summed E-state index contributed by atoms with van der Waals surface area (Å²) >= 11 is 1.07. The van der Waals surface area contributed by atoms with E-state index in [-0.39, 0.29) is 35.0 Å². The fraction of sp³-hybridized carbons (Fsp3) is 0.222. The highest BCUT2D eigenvalue weighted by Crippen LogP contribution is 2.31. The Kier molecular flexibility index (Phi) is 5.33. The molecule has 7 heteroatoms. The molecule has 0 aromatic heterocycles. The topological polar surface area (TPSA) is 58.2 Å². The molecule has 0 spiro atoms. The largest absolute Gasteiger partial charge is 0.325 e. The summed E-state index contributed by atoms with van der Waals surface area (Å²) in [5.41, 5.74) is 0.406. The van der Waals surface area contributed by atoms with E-state index in [0.29, 0.717) is 10.6 Å². The summed E-state index contributed by atoms with van der Waals surface area (Å²) in [5.74, 6) is -1.53. The molecule has 2 aromatic carbocycles. The summed E-state index contributed by atoms with van der Waals surface area (Å²) in [7, 11) is 0. The Morgan fingerprint density at radius 1 is 1.04 bits per heavy atom. The van der Waals surface area contributed by atoms with E-state index in [1.807, 2.05) is 0 Å². The second kappa shape index (κ2) is 7.65. The smallest absolute Gasteiger partial charge is 0.234 e. The Morgan fingerprint density at radius 3 is 2.52 bits per heavy atom. The summed E-state index contributed by atoms with van der Waals surface area (Å²) in [6, 6.07) is 10.2. The van der Waals surface area contributed by atoms with Gasteiger partial charge in [-0.05, 0) is 43.2 Å². The molecular weight excluding hydrogens is 346 g/mol. The van der Waals surface area contributed by atoms with Gasteiger partial charge in [0.2, 0.25) is 11.8 Å². The molecule has 0 unspecified atom stereocenters. The molecule has 0 aliphatic heterocycles. The molecule has 1 saturated carbocycles. The van der Waals surface area contributed by atoms with Crippen LogP contribution in [0.5, 0.6) is 0 Å². The minimum Gasteiger partial charge on any atom is -0.325 e. The van der Waals surface area contributed by atoms with Crippen LogP contribution in [0, 0.1) is 17.6 Å². The number of halogens is 2. The van der Waals surface area contributed by atoms with Crippen LogP contribution in [0.1, 0.15) is 12.8 Å². The Bertz CT molecular complexity index is 809. The van der Waals surface area contributed by atoms with Gasteiger partial charge in [0.15, 0.2) is 0 Å². The van der Waals surface area contributed by atoms with Gasteiger partial charge in [-0.2, -0.15) is 0 Å². The predicted molar refractivity (Wildman–Crippen MR) is 93.5 cm³/mol. The van der Waals surface area contributed by atoms with Crippen molar-refractivity contribution in [2.45, 2.75) is 17.7 Å². The number of thioether (sulfide) groups is 1. The standard InChI is InChI=1S/C18H16F2N2O2S/c19-13-8-7-12(9-15(13)22-18(24)11-5-6-11)21-17(23)10-25-16-4-2-1-3-14(16)20/h1-4,7-9,11H,5-6,10H2,(H,21,23)(H,22,24). The first-order valence-electron chi connectivity index (χ1n) is 7.80. The number of benzene rings is 2. The molecule has 4 nitrogen and oxygen atoms in total. The first-order chi connectivity index (χ1) is 12.0. The number of amides is 2. The Balaban J connectivity index is 1.59. The lowest BCUT2D eigenvalue weighted by molar-refractivity contribution is -0.117. The van der Waals surface area contributed by atoms with Crippen molar-refractivity contribution < 1.29 is 18.4 Å². The van der Waals surface area contributed by atoms with E-state index in [1.54, 1.807) is 18.2 Å². The van der Waals surface area contributed by atoms with Crippen LogP contribution in [-0.2, 0) is 9.59 Å². The second-order valence-electron chi connectivity index (χ2n) is 5.73. The summed E-state index contributed by atoms with van der Waals surface area (Å²) in [6.07, 6.45) is 1.63. The SMILES string of the molecule is O=C(CSc1ccccc1F)Nc1ccc(F)c(NC(=O)C2CC2)c1. The van der Waals surface area contributed by atoms with Gasteiger partial charge in [-0.1, -0.05) is 12.1 Å². The Labute approximate surface area is 148 Å². The minimum atomic E-state index is -0.562. The van der Waals surface area contributed by atoms with Crippen molar-refractivity contribution in [2.24, 2.45) is 5.92 Å². The number of nitrogens with one attached hydrogen (secondary N) is 2. The van der Waals surface area contributed by atoms with E-state index in [4.69, 9.17) is 0 Å². The zero-order valence-electron chi connectivity index (χ0n) is 13.2. The normalized spacial score (nSPS) is 13.4. The summed E-state index contributed by atoms with van der Waals surface area (Å²) in [5, 5.41) is 5.15. The van der Waals surface area contributed by atoms with Gasteiger partial charge in [-0.3, -0.25) is 9.59 Å². The number of anilines is 2. The maximum atomic E-state index is 13.8. The van der Waals surface area contributed by atoms with Gasteiger partial charge in [-0.25, -0.2) is 8.78 Å². The first kappa shape index (κ1) is 17.4. The highest BCUT2D eigenvalue weighted by molar-refractivity contribution is 8.00. The third-order valence-electron chi connectivity index (χ3n) is 3.65. The van der Waals surface area contributed by atoms with Crippen LogP contribution in [0.2, 0.25) is 0 Å². The average molecular weight is 362 g/mol. The molecule has 2 amide bonds. The van der Waals surface area contributed by atoms with Crippen LogP contribution in [0.4, 0.5) is 20.2 Å². The number of carbonyl (C=O) groups excluding carboxylic acids is 2. The molecule has 130 valence electrons. The van der Waals surface area contributed by atoms with Crippen molar-refractivity contribution in [3.05, 3.63) is 54.1 Å². The van der Waals surface area contributed by atoms with Gasteiger partial charge in [0.25, 0.3) is 0 Å². The quantitative estimate of drug-likeness (QED) is 0.763. The minimum absolute atomic E-state index is 0.0159. The molecule has 1 aliphatic rings. The van der Waals surface area contributed by atoms with Crippen molar-refractivity contribution >= 4 is 35.0 Å². The molecule has 0 heterocycles. The lowest BCUT2D eigenvalue weighted by Gasteiger charge is -2.10. The van der Waals surface area contributed by atoms with Crippen LogP contribution in [0.15, 0.2) is 47.4 Å². The van der Waals surface area contributed by atoms with Crippen LogP contribution in [-0.4, -0.2) is 17.6 Å². The molecule has 2 N–H and O–H groups in total. The maximum absolute atomic E-state index is 13.8. The van der Waals surface area contributed by atoms with Crippen molar-refractivity contribution in [3.8, 4) is 0 Å². The van der Waals surface area contributed by atoms with Crippen molar-refractivity contribution in [1.82, 2.24) is 0 Å². The maximum Gasteiger partial charge on any atom is 0.234 e. The number of rotatable bonds is 6. The summed E-state index contributed by atoms with van der Waals surface area (Å²) in [6.45, 7) is 0. The fourth-order valence-electron chi connectivity index (χ4n) is 2.18. The molecule has 0 saturated heterocycles. The Hall–Kier alpha value is -2.41. The monoisotopic (exact) mass is 362 g/mol. The highest BCUT2D eigenvalue weighted by atomic mass is 32.2. The molecule has 1 aliphatic carbocycles. The number of hydrogen-bond donors (Lipinski definition) is 2. The molecule has 0 radical (unpaired) electrons. The second-order valence-corrected chi connectivity index (χ2v) is 6.74. The first-order valence-corrected chi connectivity index (χ1v) is 8.79. The van der Waals surface area contributed by atoms with E-state index in [1.165, 1.54) is 24.3 Å².